The van der Waals surface area contributed by atoms with E-state index in [9.17, 15) is 13.2 Å². The monoisotopic (exact) mass is 446 g/mol. The van der Waals surface area contributed by atoms with Gasteiger partial charge in [0.15, 0.2) is 0 Å². The second-order valence-electron chi connectivity index (χ2n) is 7.86. The lowest BCUT2D eigenvalue weighted by Crippen LogP contribution is -2.43. The summed E-state index contributed by atoms with van der Waals surface area (Å²) in [5, 5.41) is 6.17. The van der Waals surface area contributed by atoms with Gasteiger partial charge in [-0.3, -0.25) is 9.52 Å². The minimum absolute atomic E-state index is 0.0905. The molecule has 168 valence electrons. The molecule has 9 heteroatoms. The Morgan fingerprint density at radius 1 is 1.16 bits per heavy atom. The molecule has 0 spiro atoms. The molecule has 1 amide bonds. The van der Waals surface area contributed by atoms with Gasteiger partial charge in [0.25, 0.3) is 15.9 Å². The van der Waals surface area contributed by atoms with Crippen molar-refractivity contribution in [3.05, 3.63) is 48.0 Å². The third-order valence-corrected chi connectivity index (χ3v) is 6.35. The molecular weight excluding hydrogens is 416 g/mol. The fourth-order valence-corrected chi connectivity index (χ4v) is 4.41. The molecule has 3 N–H and O–H groups in total. The number of carbonyl (C=O) groups excluding carboxylic acids is 1. The molecule has 1 heterocycles. The zero-order chi connectivity index (χ0) is 22.4. The summed E-state index contributed by atoms with van der Waals surface area (Å²) < 4.78 is 34.0. The number of hydrogen-bond acceptors (Lipinski definition) is 6. The van der Waals surface area contributed by atoms with Gasteiger partial charge in [-0.1, -0.05) is 19.9 Å². The third kappa shape index (κ3) is 5.89. The van der Waals surface area contributed by atoms with Crippen molar-refractivity contribution in [2.24, 2.45) is 5.92 Å². The van der Waals surface area contributed by atoms with Gasteiger partial charge in [-0.15, -0.1) is 0 Å². The number of rotatable bonds is 8. The van der Waals surface area contributed by atoms with E-state index in [1.807, 2.05) is 13.8 Å². The van der Waals surface area contributed by atoms with Crippen LogP contribution in [0.5, 0.6) is 5.75 Å². The summed E-state index contributed by atoms with van der Waals surface area (Å²) in [7, 11) is -2.39. The van der Waals surface area contributed by atoms with Crippen LogP contribution >= 0.6 is 0 Å². The molecule has 8 nitrogen and oxygen atoms in total. The average Bonchev–Trinajstić information content (AvgIpc) is 2.77. The van der Waals surface area contributed by atoms with E-state index >= 15 is 0 Å². The van der Waals surface area contributed by atoms with Crippen molar-refractivity contribution in [3.8, 4) is 5.75 Å². The number of piperazine rings is 1. The minimum Gasteiger partial charge on any atom is -0.497 e. The number of nitrogens with zero attached hydrogens (tertiary/aromatic N) is 1. The Labute approximate surface area is 184 Å². The standard InChI is InChI=1S/C22H30N4O4S/c1-16(2)15-24-22(27)17-7-8-21(26-11-9-23-10-12-26)20(13-17)25-31(28,29)19-6-4-5-18(14-19)30-3/h4-8,13-14,16,23,25H,9-12,15H2,1-3H3,(H,24,27). The molecule has 1 saturated heterocycles. The molecule has 0 aromatic heterocycles. The Morgan fingerprint density at radius 2 is 1.90 bits per heavy atom. The first-order valence-corrected chi connectivity index (χ1v) is 11.8. The lowest BCUT2D eigenvalue weighted by Gasteiger charge is -2.31. The number of hydrogen-bond donors (Lipinski definition) is 3. The normalized spacial score (nSPS) is 14.4. The molecule has 0 bridgehead atoms. The number of carbonyl (C=O) groups is 1. The van der Waals surface area contributed by atoms with Crippen LogP contribution < -0.4 is 25.0 Å². The van der Waals surface area contributed by atoms with E-state index in [4.69, 9.17) is 4.74 Å². The van der Waals surface area contributed by atoms with Crippen LogP contribution in [0.25, 0.3) is 0 Å². The van der Waals surface area contributed by atoms with E-state index in [0.717, 1.165) is 31.9 Å². The molecule has 3 rings (SSSR count). The summed E-state index contributed by atoms with van der Waals surface area (Å²) >= 11 is 0. The molecule has 2 aromatic rings. The molecule has 1 aliphatic rings. The maximum atomic E-state index is 13.1. The van der Waals surface area contributed by atoms with E-state index in [1.165, 1.54) is 19.2 Å². The zero-order valence-corrected chi connectivity index (χ0v) is 19.0. The highest BCUT2D eigenvalue weighted by molar-refractivity contribution is 7.92. The highest BCUT2D eigenvalue weighted by Crippen LogP contribution is 2.30. The van der Waals surface area contributed by atoms with Crippen LogP contribution in [-0.4, -0.2) is 54.2 Å². The number of nitrogens with one attached hydrogen (secondary N) is 3. The fourth-order valence-electron chi connectivity index (χ4n) is 3.31. The lowest BCUT2D eigenvalue weighted by atomic mass is 10.1. The first-order valence-electron chi connectivity index (χ1n) is 10.3. The Balaban J connectivity index is 1.95. The van der Waals surface area contributed by atoms with Crippen LogP contribution in [0, 0.1) is 5.92 Å². The van der Waals surface area contributed by atoms with Crippen molar-refractivity contribution in [1.82, 2.24) is 10.6 Å². The third-order valence-electron chi connectivity index (χ3n) is 4.98. The molecule has 0 atom stereocenters. The summed E-state index contributed by atoms with van der Waals surface area (Å²) in [6, 6.07) is 11.4. The number of amides is 1. The van der Waals surface area contributed by atoms with Crippen molar-refractivity contribution in [1.29, 1.82) is 0 Å². The molecule has 2 aromatic carbocycles. The van der Waals surface area contributed by atoms with Gasteiger partial charge in [-0.25, -0.2) is 8.42 Å². The highest BCUT2D eigenvalue weighted by Gasteiger charge is 2.22. The Bertz CT molecular complexity index is 1020. The highest BCUT2D eigenvalue weighted by atomic mass is 32.2. The maximum absolute atomic E-state index is 13.1. The summed E-state index contributed by atoms with van der Waals surface area (Å²) in [5.74, 6) is 0.532. The number of benzene rings is 2. The van der Waals surface area contributed by atoms with E-state index in [2.05, 4.69) is 20.3 Å². The van der Waals surface area contributed by atoms with Crippen molar-refractivity contribution in [3.63, 3.8) is 0 Å². The molecule has 1 aliphatic heterocycles. The average molecular weight is 447 g/mol. The van der Waals surface area contributed by atoms with Gasteiger partial charge in [-0.2, -0.15) is 0 Å². The summed E-state index contributed by atoms with van der Waals surface area (Å²) in [6.45, 7) is 7.67. The Kier molecular flexibility index (Phi) is 7.40. The van der Waals surface area contributed by atoms with Crippen LogP contribution in [0.15, 0.2) is 47.4 Å². The van der Waals surface area contributed by atoms with E-state index in [-0.39, 0.29) is 10.8 Å². The van der Waals surface area contributed by atoms with Crippen LogP contribution in [0.4, 0.5) is 11.4 Å². The molecule has 0 unspecified atom stereocenters. The minimum atomic E-state index is -3.88. The lowest BCUT2D eigenvalue weighted by molar-refractivity contribution is 0.0949. The first kappa shape index (κ1) is 22.9. The van der Waals surface area contributed by atoms with Gasteiger partial charge in [0, 0.05) is 44.4 Å². The first-order chi connectivity index (χ1) is 14.8. The van der Waals surface area contributed by atoms with Crippen LogP contribution in [0.1, 0.15) is 24.2 Å². The summed E-state index contributed by atoms with van der Waals surface area (Å²) in [4.78, 5) is 14.8. The molecule has 1 fully saturated rings. The van der Waals surface area contributed by atoms with E-state index < -0.39 is 10.0 Å². The van der Waals surface area contributed by atoms with Gasteiger partial charge in [0.1, 0.15) is 5.75 Å². The zero-order valence-electron chi connectivity index (χ0n) is 18.1. The van der Waals surface area contributed by atoms with Gasteiger partial charge in [0.2, 0.25) is 0 Å². The van der Waals surface area contributed by atoms with Crippen molar-refractivity contribution in [2.75, 3.05) is 49.5 Å². The van der Waals surface area contributed by atoms with Gasteiger partial charge >= 0.3 is 0 Å². The second-order valence-corrected chi connectivity index (χ2v) is 9.54. The summed E-state index contributed by atoms with van der Waals surface area (Å²) in [5.41, 5.74) is 1.53. The Morgan fingerprint density at radius 3 is 2.58 bits per heavy atom. The smallest absolute Gasteiger partial charge is 0.262 e. The second kappa shape index (κ2) is 10.0. The molecular formula is C22H30N4O4S. The van der Waals surface area contributed by atoms with Crippen LogP contribution in [-0.2, 0) is 10.0 Å². The van der Waals surface area contributed by atoms with Gasteiger partial charge < -0.3 is 20.3 Å². The topological polar surface area (TPSA) is 99.8 Å². The summed E-state index contributed by atoms with van der Waals surface area (Å²) in [6.07, 6.45) is 0. The predicted molar refractivity (Wildman–Crippen MR) is 122 cm³/mol. The number of methoxy groups -OCH3 is 1. The predicted octanol–water partition coefficient (Wildman–Crippen LogP) is 2.29. The van der Waals surface area contributed by atoms with Gasteiger partial charge in [-0.05, 0) is 36.2 Å². The number of anilines is 2. The van der Waals surface area contributed by atoms with E-state index in [1.54, 1.807) is 30.3 Å². The fraction of sp³-hybridized carbons (Fsp3) is 0.409. The van der Waals surface area contributed by atoms with E-state index in [0.29, 0.717) is 29.5 Å². The quantitative estimate of drug-likeness (QED) is 0.575. The molecule has 0 radical (unpaired) electrons. The van der Waals surface area contributed by atoms with Crippen molar-refractivity contribution >= 4 is 27.3 Å². The SMILES string of the molecule is COc1cccc(S(=O)(=O)Nc2cc(C(=O)NCC(C)C)ccc2N2CCNCC2)c1. The van der Waals surface area contributed by atoms with Gasteiger partial charge in [0.05, 0.1) is 23.4 Å². The van der Waals surface area contributed by atoms with Crippen LogP contribution in [0.3, 0.4) is 0 Å². The number of sulfonamides is 1. The van der Waals surface area contributed by atoms with Crippen molar-refractivity contribution in [2.45, 2.75) is 18.7 Å². The largest absolute Gasteiger partial charge is 0.497 e. The Hall–Kier alpha value is -2.78. The molecule has 31 heavy (non-hydrogen) atoms. The maximum Gasteiger partial charge on any atom is 0.262 e. The van der Waals surface area contributed by atoms with Crippen LogP contribution in [0.2, 0.25) is 0 Å². The molecule has 0 saturated carbocycles. The van der Waals surface area contributed by atoms with Crippen molar-refractivity contribution < 1.29 is 17.9 Å². The number of ether oxygens (including phenoxy) is 1. The molecule has 0 aliphatic carbocycles.